The van der Waals surface area contributed by atoms with E-state index in [9.17, 15) is 24.0 Å². The molecule has 33 heteroatoms. The number of ether oxygens (including phenoxy) is 8. The maximum atomic E-state index is 12.8. The van der Waals surface area contributed by atoms with E-state index in [1.54, 1.807) is 66.6 Å². The number of fused-ring (bicyclic) bond motifs is 8. The molecule has 10 aromatic heterocycles. The lowest BCUT2D eigenvalue weighted by Gasteiger charge is -2.37. The van der Waals surface area contributed by atoms with Crippen LogP contribution in [0.2, 0.25) is 0 Å². The Labute approximate surface area is 765 Å². The van der Waals surface area contributed by atoms with Gasteiger partial charge in [0.15, 0.2) is 34.5 Å². The normalized spacial score (nSPS) is 17.5. The van der Waals surface area contributed by atoms with Crippen LogP contribution in [0.3, 0.4) is 0 Å². The first kappa shape index (κ1) is 87.4. The molecule has 682 valence electrons. The third-order valence-corrected chi connectivity index (χ3v) is 24.8. The fourth-order valence-electron chi connectivity index (χ4n) is 17.6. The number of likely N-dealkylation sites (N-methyl/N-ethyl adjacent to an activating group) is 2. The summed E-state index contributed by atoms with van der Waals surface area (Å²) in [4.78, 5) is 103. The Kier molecular flexibility index (Phi) is 25.4. The van der Waals surface area contributed by atoms with Crippen molar-refractivity contribution in [3.63, 3.8) is 0 Å². The van der Waals surface area contributed by atoms with Crippen LogP contribution in [0.15, 0.2) is 249 Å². The van der Waals surface area contributed by atoms with Gasteiger partial charge in [-0.2, -0.15) is 0 Å². The zero-order valence-corrected chi connectivity index (χ0v) is 75.1. The molecular weight excluding hydrogens is 1690 g/mol. The number of anilines is 5. The number of methoxy groups -OCH3 is 2. The van der Waals surface area contributed by atoms with Crippen molar-refractivity contribution in [2.24, 2.45) is 0 Å². The molecule has 8 aliphatic heterocycles. The van der Waals surface area contributed by atoms with Crippen LogP contribution in [-0.2, 0) is 0 Å². The van der Waals surface area contributed by atoms with Gasteiger partial charge in [0.05, 0.1) is 71.1 Å². The van der Waals surface area contributed by atoms with Crippen LogP contribution in [0.1, 0.15) is 20.8 Å². The zero-order valence-electron chi connectivity index (χ0n) is 75.1. The number of nitrogens with one attached hydrogen (secondary N) is 3. The second-order valence-electron chi connectivity index (χ2n) is 34.1. The van der Waals surface area contributed by atoms with Gasteiger partial charge in [0, 0.05) is 219 Å². The number of nitrogens with zero attached hydrogens (tertiary/aromatic N) is 17. The van der Waals surface area contributed by atoms with E-state index >= 15 is 0 Å². The van der Waals surface area contributed by atoms with Gasteiger partial charge >= 0.3 is 0 Å². The number of pyridine rings is 5. The van der Waals surface area contributed by atoms with Crippen molar-refractivity contribution < 1.29 is 37.9 Å². The second kappa shape index (κ2) is 38.6. The van der Waals surface area contributed by atoms with E-state index in [1.807, 2.05) is 195 Å². The lowest BCUT2D eigenvalue weighted by molar-refractivity contribution is 0.173. The quantitative estimate of drug-likeness (QED) is 0.102. The van der Waals surface area contributed by atoms with E-state index in [2.05, 4.69) is 110 Å². The van der Waals surface area contributed by atoms with E-state index in [-0.39, 0.29) is 48.2 Å². The number of hydrogen-bond acceptors (Lipinski definition) is 28. The van der Waals surface area contributed by atoms with E-state index in [0.29, 0.717) is 109 Å². The van der Waals surface area contributed by atoms with Gasteiger partial charge in [-0.15, -0.1) is 0 Å². The first-order chi connectivity index (χ1) is 64.8. The largest absolute Gasteiger partial charge is 0.497 e. The van der Waals surface area contributed by atoms with Crippen LogP contribution in [0.4, 0.5) is 28.4 Å². The molecule has 0 aliphatic carbocycles. The van der Waals surface area contributed by atoms with Crippen LogP contribution in [0, 0.1) is 0 Å². The average Bonchev–Trinajstić information content (AvgIpc) is 1.66. The second-order valence-corrected chi connectivity index (χ2v) is 34.1. The third-order valence-electron chi connectivity index (χ3n) is 24.8. The van der Waals surface area contributed by atoms with Gasteiger partial charge in [0.2, 0.25) is 20.4 Å². The number of benzene rings is 5. The summed E-state index contributed by atoms with van der Waals surface area (Å²) in [7, 11) is 7.51. The summed E-state index contributed by atoms with van der Waals surface area (Å²) in [6, 6.07) is 60.8. The highest BCUT2D eigenvalue weighted by Crippen LogP contribution is 2.39. The molecule has 0 bridgehead atoms. The lowest BCUT2D eigenvalue weighted by atomic mass is 10.1. The van der Waals surface area contributed by atoms with Crippen molar-refractivity contribution in [3.05, 3.63) is 277 Å². The monoisotopic (exact) mass is 1790 g/mol. The molecule has 5 saturated heterocycles. The average molecular weight is 1790 g/mol. The molecule has 133 heavy (non-hydrogen) atoms. The smallest absolute Gasteiger partial charge is 0.258 e. The summed E-state index contributed by atoms with van der Waals surface area (Å²) in [6.45, 7) is 23.5. The number of rotatable bonds is 12. The predicted octanol–water partition coefficient (Wildman–Crippen LogP) is 9.91. The molecular formula is C100H104N20O13. The van der Waals surface area contributed by atoms with Gasteiger partial charge in [-0.1, -0.05) is 24.3 Å². The first-order valence-corrected chi connectivity index (χ1v) is 44.8. The minimum atomic E-state index is -0.101. The van der Waals surface area contributed by atoms with Gasteiger partial charge in [-0.05, 0) is 174 Å². The van der Waals surface area contributed by atoms with Crippen molar-refractivity contribution in [1.82, 2.24) is 72.7 Å². The maximum Gasteiger partial charge on any atom is 0.258 e. The Hall–Kier alpha value is -14.9. The van der Waals surface area contributed by atoms with Crippen LogP contribution >= 0.6 is 0 Å². The van der Waals surface area contributed by atoms with E-state index in [4.69, 9.17) is 37.9 Å². The minimum absolute atomic E-state index is 0.0798. The first-order valence-electron chi connectivity index (χ1n) is 44.8. The number of hydrogen-bond donors (Lipinski definition) is 3. The molecule has 5 fully saturated rings. The third kappa shape index (κ3) is 19.6. The van der Waals surface area contributed by atoms with Gasteiger partial charge in [-0.25, -0.2) is 24.9 Å². The summed E-state index contributed by atoms with van der Waals surface area (Å²) in [5, 5.41) is 10.3. The summed E-state index contributed by atoms with van der Waals surface area (Å²) in [5.74, 6) is 5.67. The fraction of sp³-hybridized carbons (Fsp3) is 0.300. The van der Waals surface area contributed by atoms with Crippen LogP contribution in [0.5, 0.6) is 46.0 Å². The standard InChI is InChI=1S/C21H22N4O3.2C20H20N4O3.C20H22N4O2.C19H20N4O2/c1-13-9-24(10-14(2)22-13)16-4-6-20-23-17(8-21(26)25(20)11-16)15-3-5-18-19(7-15)28-12-27-18;1-22-6-8-23(9-7-22)15-3-5-19-21-16(11-20(25)24(19)12-15)14-2-4-17-18(10-14)27-13-26-17;1-13-10-23(7-6-21-13)15-3-5-19-22-16(9-20(25)24(19)11-15)14-2-4-17-18(8-14)27-12-26-17;1-22-8-10-23(11-9-22)16-6-7-19-21-18(13-20(25)24(19)14-16)15-4-3-5-17(12-15)26-2;1-25-16-4-2-3-14(11-16)17-12-19(24)23-13-15(5-6-18(23)21-17)22-9-7-20-8-10-22/h3-8,11,13-14,22H,9-10,12H2,1-2H3;2-5,10-12H,6-9,13H2,1H3;2-5,8-9,11,13,21H,6-7,10,12H2,1H3;3-7,12-14H,8-11H2,1-2H3;2-6,11-13,20H,7-10H2,1H3/t13-,14+;;13-;;/m..1../s1. The molecule has 5 aromatic carbocycles. The highest BCUT2D eigenvalue weighted by molar-refractivity contribution is 5.72. The molecule has 3 atom stereocenters. The Bertz CT molecular complexity index is 7160. The fourth-order valence-corrected chi connectivity index (χ4v) is 17.6. The van der Waals surface area contributed by atoms with Crippen LogP contribution < -0.4 is 106 Å². The minimum Gasteiger partial charge on any atom is -0.497 e. The molecule has 33 nitrogen and oxygen atoms in total. The van der Waals surface area contributed by atoms with E-state index < -0.39 is 0 Å². The van der Waals surface area contributed by atoms with Crippen molar-refractivity contribution in [3.8, 4) is 102 Å². The maximum absolute atomic E-state index is 12.8. The highest BCUT2D eigenvalue weighted by Gasteiger charge is 2.27. The van der Waals surface area contributed by atoms with E-state index in [1.165, 1.54) is 0 Å². The zero-order chi connectivity index (χ0) is 91.3. The Morgan fingerprint density at radius 1 is 0.301 bits per heavy atom. The molecule has 3 N–H and O–H groups in total. The lowest BCUT2D eigenvalue weighted by Crippen LogP contribution is -2.54. The molecule has 23 rings (SSSR count). The summed E-state index contributed by atoms with van der Waals surface area (Å²) in [5.41, 5.74) is 15.4. The Balaban J connectivity index is 0.000000107. The molecule has 18 heterocycles. The molecule has 0 saturated carbocycles. The Morgan fingerprint density at radius 2 is 0.594 bits per heavy atom. The van der Waals surface area contributed by atoms with Crippen molar-refractivity contribution in [2.75, 3.05) is 184 Å². The molecule has 0 unspecified atom stereocenters. The summed E-state index contributed by atoms with van der Waals surface area (Å²) >= 11 is 0. The summed E-state index contributed by atoms with van der Waals surface area (Å²) in [6.07, 6.45) is 9.43. The summed E-state index contributed by atoms with van der Waals surface area (Å²) < 4.78 is 50.9. The molecule has 0 amide bonds. The topological polar surface area (TPSA) is 304 Å². The Morgan fingerprint density at radius 3 is 0.925 bits per heavy atom. The SMILES string of the molecule is CN1CCN(c2ccc3nc(-c4ccc5c(c4)OCO5)cc(=O)n3c2)CC1.COc1cccc(-c2cc(=O)n3cc(N4CCN(C)CC4)ccc3n2)c1.COc1cccc(-c2cc(=O)n3cc(N4CCNCC4)ccc3n2)c1.C[C@@H]1CN(c2ccc3nc(-c4ccc5c(c4)OCO5)cc(=O)n3c2)CCN1.C[C@@H]1CN(c2ccc3nc(-c4ccc5c(c4)OCO5)cc(=O)n3c2)C[C@H](C)N1. The number of piperazine rings is 5. The van der Waals surface area contributed by atoms with Crippen LogP contribution in [-0.4, -0.2) is 235 Å². The van der Waals surface area contributed by atoms with Crippen molar-refractivity contribution >= 4 is 56.7 Å². The molecule has 0 radical (unpaired) electrons. The van der Waals surface area contributed by atoms with E-state index in [0.717, 1.165) is 179 Å². The highest BCUT2D eigenvalue weighted by atomic mass is 16.7. The van der Waals surface area contributed by atoms with Gasteiger partial charge < -0.3 is 88.1 Å². The van der Waals surface area contributed by atoms with Crippen LogP contribution in [0.25, 0.3) is 84.5 Å². The molecule has 8 aliphatic rings. The predicted molar refractivity (Wildman–Crippen MR) is 514 cm³/mol. The van der Waals surface area contributed by atoms with Gasteiger partial charge in [0.25, 0.3) is 27.8 Å². The van der Waals surface area contributed by atoms with Crippen molar-refractivity contribution in [2.45, 2.75) is 38.9 Å². The molecule has 0 spiro atoms. The van der Waals surface area contributed by atoms with Gasteiger partial charge in [0.1, 0.15) is 39.7 Å². The number of aromatic nitrogens is 10. The van der Waals surface area contributed by atoms with Gasteiger partial charge in [-0.3, -0.25) is 46.0 Å². The molecule has 15 aromatic rings. The van der Waals surface area contributed by atoms with Crippen molar-refractivity contribution in [1.29, 1.82) is 0 Å².